The maximum atomic E-state index is 7.64. The second-order valence-corrected chi connectivity index (χ2v) is 13.4. The summed E-state index contributed by atoms with van der Waals surface area (Å²) in [7, 11) is 5.22. The van der Waals surface area contributed by atoms with Crippen LogP contribution in [-0.2, 0) is 20.5 Å². The average Bonchev–Trinajstić information content (AvgIpc) is 3.48. The normalized spacial score (nSPS) is 20.5. The van der Waals surface area contributed by atoms with Crippen molar-refractivity contribution in [2.45, 2.75) is 50.5 Å². The predicted molar refractivity (Wildman–Crippen MR) is 197 cm³/mol. The highest BCUT2D eigenvalue weighted by Gasteiger charge is 2.47. The third kappa shape index (κ3) is 4.71. The van der Waals surface area contributed by atoms with E-state index < -0.39 is 5.60 Å². The summed E-state index contributed by atoms with van der Waals surface area (Å²) in [6, 6.07) is 21.9. The van der Waals surface area contributed by atoms with Crippen LogP contribution in [0.15, 0.2) is 90.2 Å². The standard InChI is InChI=1S/C43H45NO5/c1-6-42(7-2)36-11-9-8-10-32(36)39-34-26-37(44-22-24-48-25-23-44)38(47-5)27-35(34)41-33(40(39)42)20-21-43(49-41,28-12-16-30(45-3)17-13-28)29-14-18-31(46-4)19-15-29/h8-14,16-18,20-21,26-27H,6-7,15,19,22-25H2,1-5H3. The van der Waals surface area contributed by atoms with Gasteiger partial charge in [-0.05, 0) is 88.9 Å². The van der Waals surface area contributed by atoms with Gasteiger partial charge in [0.25, 0.3) is 0 Å². The third-order valence-electron chi connectivity index (χ3n) is 11.5. The van der Waals surface area contributed by atoms with E-state index in [1.807, 2.05) is 12.1 Å². The Balaban J connectivity index is 1.45. The van der Waals surface area contributed by atoms with E-state index in [4.69, 9.17) is 23.7 Å². The highest BCUT2D eigenvalue weighted by atomic mass is 16.5. The van der Waals surface area contributed by atoms with E-state index in [0.717, 1.165) is 84.0 Å². The summed E-state index contributed by atoms with van der Waals surface area (Å²) < 4.78 is 30.8. The molecule has 4 aromatic carbocycles. The Labute approximate surface area is 289 Å². The average molecular weight is 656 g/mol. The molecule has 0 radical (unpaired) electrons. The van der Waals surface area contributed by atoms with Gasteiger partial charge in [-0.3, -0.25) is 0 Å². The zero-order valence-electron chi connectivity index (χ0n) is 29.2. The summed E-state index contributed by atoms with van der Waals surface area (Å²) >= 11 is 0. The minimum absolute atomic E-state index is 0.142. The molecule has 2 aliphatic carbocycles. The van der Waals surface area contributed by atoms with E-state index in [9.17, 15) is 0 Å². The molecule has 4 aliphatic rings. The van der Waals surface area contributed by atoms with E-state index >= 15 is 0 Å². The minimum Gasteiger partial charge on any atom is -0.501 e. The van der Waals surface area contributed by atoms with Crippen LogP contribution in [0.3, 0.4) is 0 Å². The van der Waals surface area contributed by atoms with Gasteiger partial charge in [-0.1, -0.05) is 62.4 Å². The largest absolute Gasteiger partial charge is 0.501 e. The van der Waals surface area contributed by atoms with Crippen molar-refractivity contribution in [3.8, 4) is 28.4 Å². The van der Waals surface area contributed by atoms with Crippen LogP contribution in [0.1, 0.15) is 61.8 Å². The number of morpholine rings is 1. The molecule has 1 unspecified atom stereocenters. The summed E-state index contributed by atoms with van der Waals surface area (Å²) in [4.78, 5) is 2.40. The van der Waals surface area contributed by atoms with Gasteiger partial charge in [0.2, 0.25) is 0 Å². The van der Waals surface area contributed by atoms with E-state index in [1.54, 1.807) is 21.3 Å². The highest BCUT2D eigenvalue weighted by Crippen LogP contribution is 2.61. The van der Waals surface area contributed by atoms with Crippen LogP contribution in [0, 0.1) is 0 Å². The van der Waals surface area contributed by atoms with Crippen molar-refractivity contribution in [3.05, 3.63) is 112 Å². The third-order valence-corrected chi connectivity index (χ3v) is 11.5. The first-order valence-electron chi connectivity index (χ1n) is 17.6. The van der Waals surface area contributed by atoms with Gasteiger partial charge in [0, 0.05) is 41.4 Å². The van der Waals surface area contributed by atoms with Crippen LogP contribution in [0.5, 0.6) is 17.2 Å². The Kier molecular flexibility index (Phi) is 7.95. The van der Waals surface area contributed by atoms with E-state index in [1.165, 1.54) is 33.2 Å². The summed E-state index contributed by atoms with van der Waals surface area (Å²) in [5.41, 5.74) is 8.96. The summed E-state index contributed by atoms with van der Waals surface area (Å²) in [5.74, 6) is 3.54. The zero-order chi connectivity index (χ0) is 33.8. The molecule has 2 heterocycles. The molecule has 1 atom stereocenters. The number of methoxy groups -OCH3 is 3. The number of ether oxygens (including phenoxy) is 5. The van der Waals surface area contributed by atoms with Gasteiger partial charge in [0.1, 0.15) is 17.2 Å². The molecule has 252 valence electrons. The number of nitrogens with zero attached hydrogens (tertiary/aromatic N) is 1. The minimum atomic E-state index is -0.821. The topological polar surface area (TPSA) is 49.4 Å². The number of benzene rings is 4. The quantitative estimate of drug-likeness (QED) is 0.189. The number of hydrogen-bond donors (Lipinski definition) is 0. The maximum absolute atomic E-state index is 7.64. The summed E-state index contributed by atoms with van der Waals surface area (Å²) in [6.45, 7) is 7.72. The molecule has 0 amide bonds. The lowest BCUT2D eigenvalue weighted by atomic mass is 9.71. The lowest BCUT2D eigenvalue weighted by Gasteiger charge is -2.41. The lowest BCUT2D eigenvalue weighted by Crippen LogP contribution is -2.37. The summed E-state index contributed by atoms with van der Waals surface area (Å²) in [6.07, 6.45) is 12.5. The van der Waals surface area contributed by atoms with E-state index in [0.29, 0.717) is 13.2 Å². The van der Waals surface area contributed by atoms with E-state index in [2.05, 4.69) is 91.6 Å². The van der Waals surface area contributed by atoms with Gasteiger partial charge in [0.05, 0.1) is 46.0 Å². The number of hydrogen-bond acceptors (Lipinski definition) is 6. The fourth-order valence-electron chi connectivity index (χ4n) is 8.83. The number of fused-ring (bicyclic) bond motifs is 8. The van der Waals surface area contributed by atoms with Crippen LogP contribution < -0.4 is 19.1 Å². The smallest absolute Gasteiger partial charge is 0.174 e. The Hall–Kier alpha value is -4.68. The van der Waals surface area contributed by atoms with Gasteiger partial charge in [-0.15, -0.1) is 0 Å². The van der Waals surface area contributed by atoms with Crippen molar-refractivity contribution in [3.63, 3.8) is 0 Å². The van der Waals surface area contributed by atoms with Crippen LogP contribution in [0.2, 0.25) is 0 Å². The molecule has 49 heavy (non-hydrogen) atoms. The Morgan fingerprint density at radius 1 is 0.816 bits per heavy atom. The lowest BCUT2D eigenvalue weighted by molar-refractivity contribution is 0.122. The fraction of sp³-hybridized carbons (Fsp3) is 0.349. The Bertz CT molecular complexity index is 2010. The Morgan fingerprint density at radius 3 is 2.27 bits per heavy atom. The molecule has 6 nitrogen and oxygen atoms in total. The van der Waals surface area contributed by atoms with Crippen LogP contribution >= 0.6 is 0 Å². The predicted octanol–water partition coefficient (Wildman–Crippen LogP) is 9.33. The molecule has 0 aromatic heterocycles. The molecule has 0 spiro atoms. The molecular weight excluding hydrogens is 610 g/mol. The van der Waals surface area contributed by atoms with E-state index in [-0.39, 0.29) is 5.41 Å². The fourth-order valence-corrected chi connectivity index (χ4v) is 8.83. The van der Waals surface area contributed by atoms with Crippen molar-refractivity contribution in [1.82, 2.24) is 0 Å². The first-order chi connectivity index (χ1) is 24.0. The molecule has 4 aromatic rings. The molecule has 0 bridgehead atoms. The summed E-state index contributed by atoms with van der Waals surface area (Å²) in [5, 5.41) is 2.26. The molecule has 0 saturated carbocycles. The molecule has 1 saturated heterocycles. The molecule has 2 aliphatic heterocycles. The van der Waals surface area contributed by atoms with Gasteiger partial charge in [0.15, 0.2) is 5.60 Å². The molecule has 0 N–H and O–H groups in total. The van der Waals surface area contributed by atoms with Gasteiger partial charge < -0.3 is 28.6 Å². The van der Waals surface area contributed by atoms with Crippen molar-refractivity contribution in [1.29, 1.82) is 0 Å². The van der Waals surface area contributed by atoms with Crippen LogP contribution in [-0.4, -0.2) is 47.6 Å². The van der Waals surface area contributed by atoms with Gasteiger partial charge in [-0.2, -0.15) is 0 Å². The van der Waals surface area contributed by atoms with Crippen LogP contribution in [0.4, 0.5) is 5.69 Å². The SMILES string of the molecule is CCC1(CC)c2ccccc2-c2c1c1c(c3cc(OC)c(N4CCOCC4)cc23)OC(C2=CC=C(OC)CC2)(c2ccc(OC)cc2)C=C1. The first-order valence-corrected chi connectivity index (χ1v) is 17.6. The maximum Gasteiger partial charge on any atom is 0.174 e. The van der Waals surface area contributed by atoms with Crippen molar-refractivity contribution in [2.75, 3.05) is 52.5 Å². The second-order valence-electron chi connectivity index (χ2n) is 13.4. The first kappa shape index (κ1) is 31.6. The number of anilines is 1. The monoisotopic (exact) mass is 655 g/mol. The molecule has 8 rings (SSSR count). The van der Waals surface area contributed by atoms with Gasteiger partial charge in [-0.25, -0.2) is 0 Å². The van der Waals surface area contributed by atoms with Crippen molar-refractivity contribution < 1.29 is 23.7 Å². The van der Waals surface area contributed by atoms with Crippen molar-refractivity contribution >= 4 is 22.5 Å². The zero-order valence-corrected chi connectivity index (χ0v) is 29.2. The van der Waals surface area contributed by atoms with Crippen LogP contribution in [0.25, 0.3) is 28.0 Å². The Morgan fingerprint density at radius 2 is 1.59 bits per heavy atom. The van der Waals surface area contributed by atoms with Gasteiger partial charge >= 0.3 is 0 Å². The molecule has 6 heteroatoms. The number of allylic oxidation sites excluding steroid dienone is 3. The highest BCUT2D eigenvalue weighted by molar-refractivity contribution is 6.10. The van der Waals surface area contributed by atoms with Crippen molar-refractivity contribution in [2.24, 2.45) is 0 Å². The number of rotatable bonds is 8. The second kappa shape index (κ2) is 12.3. The molecule has 1 fully saturated rings. The molecular formula is C43H45NO5.